The zero-order valence-electron chi connectivity index (χ0n) is 11.4. The Morgan fingerprint density at radius 1 is 1.14 bits per heavy atom. The molecule has 0 saturated heterocycles. The number of fused-ring (bicyclic) bond motifs is 1. The molecule has 0 aliphatic heterocycles. The second-order valence-electron chi connectivity index (χ2n) is 4.68. The number of rotatable bonds is 3. The van der Waals surface area contributed by atoms with Gasteiger partial charge in [0.2, 0.25) is 0 Å². The Bertz CT molecular complexity index is 896. The molecule has 22 heavy (non-hydrogen) atoms. The molecule has 0 radical (unpaired) electrons. The van der Waals surface area contributed by atoms with E-state index >= 15 is 0 Å². The van der Waals surface area contributed by atoms with Crippen LogP contribution in [-0.2, 0) is 0 Å². The van der Waals surface area contributed by atoms with Crippen molar-refractivity contribution in [2.75, 3.05) is 5.32 Å². The minimum atomic E-state index is -0.956. The lowest BCUT2D eigenvalue weighted by atomic mass is 10.1. The summed E-state index contributed by atoms with van der Waals surface area (Å²) in [7, 11) is 0. The molecular formula is C17H11N3O2. The van der Waals surface area contributed by atoms with Crippen molar-refractivity contribution < 1.29 is 9.90 Å². The van der Waals surface area contributed by atoms with Crippen LogP contribution in [0.1, 0.15) is 10.4 Å². The number of pyridine rings is 1. The SMILES string of the molecule is [C-]#[N+]c1ccc2nccc(Nc3ccc(C(=O)O)cc3)c2c1. The Hall–Kier alpha value is -3.39. The van der Waals surface area contributed by atoms with Crippen LogP contribution in [0.2, 0.25) is 0 Å². The largest absolute Gasteiger partial charge is 0.478 e. The second kappa shape index (κ2) is 5.54. The summed E-state index contributed by atoms with van der Waals surface area (Å²) in [6, 6.07) is 13.6. The molecule has 3 aromatic rings. The first-order valence-electron chi connectivity index (χ1n) is 6.54. The van der Waals surface area contributed by atoms with Crippen LogP contribution in [-0.4, -0.2) is 16.1 Å². The summed E-state index contributed by atoms with van der Waals surface area (Å²) < 4.78 is 0. The molecule has 0 amide bonds. The molecule has 0 saturated carbocycles. The van der Waals surface area contributed by atoms with Gasteiger partial charge in [0, 0.05) is 23.0 Å². The highest BCUT2D eigenvalue weighted by Gasteiger charge is 2.05. The maximum atomic E-state index is 10.9. The number of carboxylic acid groups (broad SMARTS) is 1. The van der Waals surface area contributed by atoms with E-state index in [1.807, 2.05) is 6.07 Å². The Balaban J connectivity index is 1.99. The third-order valence-corrected chi connectivity index (χ3v) is 3.27. The van der Waals surface area contributed by atoms with Gasteiger partial charge in [-0.05, 0) is 42.5 Å². The van der Waals surface area contributed by atoms with Gasteiger partial charge in [-0.1, -0.05) is 6.07 Å². The van der Waals surface area contributed by atoms with Gasteiger partial charge in [-0.15, -0.1) is 0 Å². The second-order valence-corrected chi connectivity index (χ2v) is 4.68. The molecule has 0 fully saturated rings. The van der Waals surface area contributed by atoms with E-state index in [0.29, 0.717) is 5.69 Å². The minimum absolute atomic E-state index is 0.237. The average molecular weight is 289 g/mol. The molecule has 2 N–H and O–H groups in total. The van der Waals surface area contributed by atoms with Gasteiger partial charge < -0.3 is 10.4 Å². The van der Waals surface area contributed by atoms with E-state index in [9.17, 15) is 4.79 Å². The summed E-state index contributed by atoms with van der Waals surface area (Å²) >= 11 is 0. The van der Waals surface area contributed by atoms with Crippen molar-refractivity contribution in [3.05, 3.63) is 71.7 Å². The fourth-order valence-electron chi connectivity index (χ4n) is 2.16. The van der Waals surface area contributed by atoms with Gasteiger partial charge in [0.05, 0.1) is 17.7 Å². The van der Waals surface area contributed by atoms with Crippen LogP contribution in [0.3, 0.4) is 0 Å². The molecular weight excluding hydrogens is 278 g/mol. The summed E-state index contributed by atoms with van der Waals surface area (Å²) in [5.74, 6) is -0.956. The van der Waals surface area contributed by atoms with Gasteiger partial charge in [0.1, 0.15) is 0 Å². The quantitative estimate of drug-likeness (QED) is 0.708. The first-order valence-corrected chi connectivity index (χ1v) is 6.54. The molecule has 3 rings (SSSR count). The number of hydrogen-bond acceptors (Lipinski definition) is 3. The van der Waals surface area contributed by atoms with E-state index in [4.69, 9.17) is 11.7 Å². The highest BCUT2D eigenvalue weighted by atomic mass is 16.4. The Morgan fingerprint density at radius 3 is 2.59 bits per heavy atom. The summed E-state index contributed by atoms with van der Waals surface area (Å²) in [5, 5.41) is 13.0. The third kappa shape index (κ3) is 2.58. The first-order chi connectivity index (χ1) is 10.7. The predicted octanol–water partition coefficient (Wildman–Crippen LogP) is 4.23. The van der Waals surface area contributed by atoms with Crippen LogP contribution in [0.5, 0.6) is 0 Å². The van der Waals surface area contributed by atoms with Crippen molar-refractivity contribution >= 4 is 33.9 Å². The number of benzene rings is 2. The number of hydrogen-bond donors (Lipinski definition) is 2. The molecule has 5 heteroatoms. The van der Waals surface area contributed by atoms with Crippen molar-refractivity contribution in [1.29, 1.82) is 0 Å². The molecule has 0 spiro atoms. The van der Waals surface area contributed by atoms with E-state index < -0.39 is 5.97 Å². The van der Waals surface area contributed by atoms with E-state index in [1.54, 1.807) is 48.7 Å². The van der Waals surface area contributed by atoms with E-state index in [0.717, 1.165) is 22.3 Å². The zero-order chi connectivity index (χ0) is 15.5. The topological polar surface area (TPSA) is 66.6 Å². The predicted molar refractivity (Wildman–Crippen MR) is 84.7 cm³/mol. The summed E-state index contributed by atoms with van der Waals surface area (Å²) in [4.78, 5) is 18.6. The van der Waals surface area contributed by atoms with Crippen LogP contribution in [0, 0.1) is 6.57 Å². The van der Waals surface area contributed by atoms with Gasteiger partial charge in [0.15, 0.2) is 5.69 Å². The zero-order valence-corrected chi connectivity index (χ0v) is 11.4. The van der Waals surface area contributed by atoms with Gasteiger partial charge in [-0.2, -0.15) is 0 Å². The highest BCUT2D eigenvalue weighted by molar-refractivity contribution is 5.95. The average Bonchev–Trinajstić information content (AvgIpc) is 2.55. The smallest absolute Gasteiger partial charge is 0.335 e. The number of aromatic nitrogens is 1. The van der Waals surface area contributed by atoms with Gasteiger partial charge in [0.25, 0.3) is 0 Å². The van der Waals surface area contributed by atoms with Crippen molar-refractivity contribution in [3.63, 3.8) is 0 Å². The van der Waals surface area contributed by atoms with Gasteiger partial charge in [-0.3, -0.25) is 4.98 Å². The number of aromatic carboxylic acids is 1. The number of carboxylic acids is 1. The van der Waals surface area contributed by atoms with E-state index in [2.05, 4.69) is 15.1 Å². The van der Waals surface area contributed by atoms with Crippen LogP contribution >= 0.6 is 0 Å². The minimum Gasteiger partial charge on any atom is -0.478 e. The standard InChI is InChI=1S/C17H11N3O2/c1-18-13-6-7-15-14(10-13)16(8-9-19-15)20-12-4-2-11(3-5-12)17(21)22/h2-10H,(H,19,20)(H,21,22). The fourth-order valence-corrected chi connectivity index (χ4v) is 2.16. The van der Waals surface area contributed by atoms with E-state index in [-0.39, 0.29) is 5.56 Å². The van der Waals surface area contributed by atoms with Crippen LogP contribution < -0.4 is 5.32 Å². The number of carbonyl (C=O) groups is 1. The molecule has 0 aliphatic carbocycles. The Morgan fingerprint density at radius 2 is 1.91 bits per heavy atom. The maximum absolute atomic E-state index is 10.9. The summed E-state index contributed by atoms with van der Waals surface area (Å²) in [6.07, 6.45) is 1.69. The maximum Gasteiger partial charge on any atom is 0.335 e. The van der Waals surface area contributed by atoms with Crippen LogP contribution in [0.15, 0.2) is 54.7 Å². The van der Waals surface area contributed by atoms with Crippen molar-refractivity contribution in [3.8, 4) is 0 Å². The number of nitrogens with one attached hydrogen (secondary N) is 1. The van der Waals surface area contributed by atoms with Crippen molar-refractivity contribution in [2.45, 2.75) is 0 Å². The number of nitrogens with zero attached hydrogens (tertiary/aromatic N) is 2. The molecule has 0 unspecified atom stereocenters. The molecule has 0 atom stereocenters. The molecule has 0 aliphatic rings. The van der Waals surface area contributed by atoms with E-state index in [1.165, 1.54) is 0 Å². The molecule has 1 aromatic heterocycles. The molecule has 5 nitrogen and oxygen atoms in total. The molecule has 1 heterocycles. The summed E-state index contributed by atoms with van der Waals surface area (Å²) in [5.41, 5.74) is 3.16. The lowest BCUT2D eigenvalue weighted by molar-refractivity contribution is 0.0697. The first kappa shape index (κ1) is 13.6. The Labute approximate surface area is 126 Å². The lowest BCUT2D eigenvalue weighted by Crippen LogP contribution is -1.97. The molecule has 0 bridgehead atoms. The molecule has 2 aromatic carbocycles. The van der Waals surface area contributed by atoms with Crippen LogP contribution in [0.4, 0.5) is 17.1 Å². The highest BCUT2D eigenvalue weighted by Crippen LogP contribution is 2.28. The Kier molecular flexibility index (Phi) is 3.42. The third-order valence-electron chi connectivity index (χ3n) is 3.27. The number of anilines is 2. The monoisotopic (exact) mass is 289 g/mol. The van der Waals surface area contributed by atoms with Gasteiger partial charge >= 0.3 is 5.97 Å². The van der Waals surface area contributed by atoms with Crippen molar-refractivity contribution in [1.82, 2.24) is 4.98 Å². The summed E-state index contributed by atoms with van der Waals surface area (Å²) in [6.45, 7) is 7.10. The molecule has 106 valence electrons. The lowest BCUT2D eigenvalue weighted by Gasteiger charge is -2.10. The van der Waals surface area contributed by atoms with Crippen molar-refractivity contribution in [2.24, 2.45) is 0 Å². The fraction of sp³-hybridized carbons (Fsp3) is 0. The normalized spacial score (nSPS) is 10.1. The van der Waals surface area contributed by atoms with Gasteiger partial charge in [-0.25, -0.2) is 9.64 Å². The van der Waals surface area contributed by atoms with Crippen LogP contribution in [0.25, 0.3) is 15.7 Å².